The molecule has 0 radical (unpaired) electrons. The summed E-state index contributed by atoms with van der Waals surface area (Å²) in [5, 5.41) is 10.5. The molecular formula is C14H30BrNO2. The molecule has 0 aliphatic heterocycles. The van der Waals surface area contributed by atoms with E-state index >= 15 is 0 Å². The average molecular weight is 324 g/mol. The van der Waals surface area contributed by atoms with Crippen LogP contribution in [0.3, 0.4) is 0 Å². The highest BCUT2D eigenvalue weighted by Crippen LogP contribution is 2.09. The molecule has 0 aliphatic carbocycles. The van der Waals surface area contributed by atoms with Crippen molar-refractivity contribution in [3.8, 4) is 0 Å². The van der Waals surface area contributed by atoms with Crippen molar-refractivity contribution in [2.24, 2.45) is 0 Å². The lowest BCUT2D eigenvalue weighted by Crippen LogP contribution is -2.48. The second-order valence-electron chi connectivity index (χ2n) is 5.66. The smallest absolute Gasteiger partial charge is 0.119 e. The lowest BCUT2D eigenvalue weighted by atomic mass is 10.1. The van der Waals surface area contributed by atoms with Crippen LogP contribution in [0.1, 0.15) is 58.3 Å². The Bertz CT molecular complexity index is 208. The summed E-state index contributed by atoms with van der Waals surface area (Å²) in [5.41, 5.74) is 0. The third kappa shape index (κ3) is 14.0. The van der Waals surface area contributed by atoms with E-state index in [1.54, 1.807) is 0 Å². The van der Waals surface area contributed by atoms with Crippen LogP contribution in [0, 0.1) is 0 Å². The first kappa shape index (κ1) is 20.2. The van der Waals surface area contributed by atoms with E-state index in [9.17, 15) is 9.90 Å². The monoisotopic (exact) mass is 323 g/mol. The average Bonchev–Trinajstić information content (AvgIpc) is 2.20. The third-order valence-electron chi connectivity index (χ3n) is 3.17. The Labute approximate surface area is 123 Å². The van der Waals surface area contributed by atoms with Gasteiger partial charge >= 0.3 is 0 Å². The number of aliphatic carboxylic acids is 1. The molecule has 0 unspecified atom stereocenters. The van der Waals surface area contributed by atoms with Crippen LogP contribution in [0.4, 0.5) is 0 Å². The molecular weight excluding hydrogens is 294 g/mol. The minimum absolute atomic E-state index is 0. The molecule has 0 aromatic carbocycles. The number of unbranched alkanes of at least 4 members (excludes halogenated alkanes) is 7. The molecule has 0 heterocycles. The largest absolute Gasteiger partial charge is 0.544 e. The van der Waals surface area contributed by atoms with Gasteiger partial charge in [-0.3, -0.25) is 0 Å². The molecule has 0 aromatic rings. The van der Waals surface area contributed by atoms with E-state index in [1.165, 1.54) is 44.9 Å². The first-order valence-corrected chi connectivity index (χ1v) is 7.00. The fourth-order valence-electron chi connectivity index (χ4n) is 2.10. The maximum atomic E-state index is 10.5. The molecule has 4 heteroatoms. The molecule has 0 bridgehead atoms. The van der Waals surface area contributed by atoms with Crippen LogP contribution < -0.4 is 5.11 Å². The Kier molecular flexibility index (Phi) is 13.5. The fourth-order valence-corrected chi connectivity index (χ4v) is 2.10. The predicted octanol–water partition coefficient (Wildman–Crippen LogP) is 2.53. The first-order chi connectivity index (χ1) is 7.98. The summed E-state index contributed by atoms with van der Waals surface area (Å²) in [7, 11) is 3.91. The highest BCUT2D eigenvalue weighted by Gasteiger charge is 2.13. The molecule has 110 valence electrons. The van der Waals surface area contributed by atoms with E-state index < -0.39 is 5.97 Å². The van der Waals surface area contributed by atoms with E-state index in [0.717, 1.165) is 13.0 Å². The molecule has 0 N–H and O–H groups in total. The summed E-state index contributed by atoms with van der Waals surface area (Å²) in [6.45, 7) is 3.29. The van der Waals surface area contributed by atoms with Crippen molar-refractivity contribution in [2.75, 3.05) is 27.2 Å². The highest BCUT2D eigenvalue weighted by atomic mass is 79.9. The van der Waals surface area contributed by atoms with E-state index in [4.69, 9.17) is 0 Å². The summed E-state index contributed by atoms with van der Waals surface area (Å²) in [4.78, 5) is 10.5. The van der Waals surface area contributed by atoms with Crippen molar-refractivity contribution < 1.29 is 14.4 Å². The summed E-state index contributed by atoms with van der Waals surface area (Å²) in [5.74, 6) is -0.949. The number of carbonyl (C=O) groups is 1. The van der Waals surface area contributed by atoms with Crippen molar-refractivity contribution in [3.05, 3.63) is 0 Å². The van der Waals surface area contributed by atoms with Crippen LogP contribution in [0.5, 0.6) is 0 Å². The molecule has 0 aliphatic rings. The zero-order valence-corrected chi connectivity index (χ0v) is 14.0. The van der Waals surface area contributed by atoms with Crippen molar-refractivity contribution >= 4 is 23.0 Å². The van der Waals surface area contributed by atoms with Crippen LogP contribution in [-0.4, -0.2) is 37.6 Å². The number of carboxylic acid groups (broad SMARTS) is 1. The SMILES string of the molecule is Br.CCCCCCCCCC[N+](C)(C)CC(=O)[O-]. The van der Waals surface area contributed by atoms with E-state index in [-0.39, 0.29) is 23.5 Å². The number of carbonyl (C=O) groups excluding carboxylic acids is 1. The molecule has 0 saturated heterocycles. The van der Waals surface area contributed by atoms with E-state index in [2.05, 4.69) is 6.92 Å². The second kappa shape index (κ2) is 12.0. The van der Waals surface area contributed by atoms with Crippen molar-refractivity contribution in [2.45, 2.75) is 58.3 Å². The maximum Gasteiger partial charge on any atom is 0.119 e. The van der Waals surface area contributed by atoms with Gasteiger partial charge in [-0.15, -0.1) is 17.0 Å². The number of carboxylic acids is 1. The summed E-state index contributed by atoms with van der Waals surface area (Å²) in [6.07, 6.45) is 10.3. The van der Waals surface area contributed by atoms with Crippen LogP contribution in [0.15, 0.2) is 0 Å². The van der Waals surface area contributed by atoms with E-state index in [0.29, 0.717) is 4.48 Å². The van der Waals surface area contributed by atoms with Gasteiger partial charge in [-0.05, 0) is 12.8 Å². The summed E-state index contributed by atoms with van der Waals surface area (Å²) in [6, 6.07) is 0. The number of likely N-dealkylation sites (N-methyl/N-ethyl adjacent to an activating group) is 1. The van der Waals surface area contributed by atoms with E-state index in [1.807, 2.05) is 14.1 Å². The van der Waals surface area contributed by atoms with Gasteiger partial charge in [0.2, 0.25) is 0 Å². The highest BCUT2D eigenvalue weighted by molar-refractivity contribution is 8.93. The fraction of sp³-hybridized carbons (Fsp3) is 0.929. The minimum Gasteiger partial charge on any atom is -0.544 e. The van der Waals surface area contributed by atoms with Crippen LogP contribution >= 0.6 is 17.0 Å². The lowest BCUT2D eigenvalue weighted by molar-refractivity contribution is -0.885. The number of hydrogen-bond acceptors (Lipinski definition) is 2. The molecule has 0 fully saturated rings. The summed E-state index contributed by atoms with van der Waals surface area (Å²) >= 11 is 0. The number of hydrogen-bond donors (Lipinski definition) is 0. The summed E-state index contributed by atoms with van der Waals surface area (Å²) < 4.78 is 0.540. The number of halogens is 1. The van der Waals surface area contributed by atoms with Crippen LogP contribution in [0.2, 0.25) is 0 Å². The van der Waals surface area contributed by atoms with Gasteiger partial charge in [0.15, 0.2) is 0 Å². The standard InChI is InChI=1S/C14H29NO2.BrH/c1-4-5-6-7-8-9-10-11-12-15(2,3)13-14(16)17;/h4-13H2,1-3H3;1H. The van der Waals surface area contributed by atoms with Gasteiger partial charge in [0, 0.05) is 0 Å². The van der Waals surface area contributed by atoms with Gasteiger partial charge < -0.3 is 14.4 Å². The van der Waals surface area contributed by atoms with Gasteiger partial charge in [-0.25, -0.2) is 0 Å². The Morgan fingerprint density at radius 1 is 0.944 bits per heavy atom. The van der Waals surface area contributed by atoms with Crippen LogP contribution in [0.25, 0.3) is 0 Å². The lowest BCUT2D eigenvalue weighted by Gasteiger charge is -2.30. The topological polar surface area (TPSA) is 40.1 Å². The number of nitrogens with zero attached hydrogens (tertiary/aromatic N) is 1. The van der Waals surface area contributed by atoms with Gasteiger partial charge in [-0.1, -0.05) is 45.4 Å². The molecule has 0 atom stereocenters. The maximum absolute atomic E-state index is 10.5. The van der Waals surface area contributed by atoms with Crippen molar-refractivity contribution in [3.63, 3.8) is 0 Å². The Morgan fingerprint density at radius 3 is 1.83 bits per heavy atom. The molecule has 0 amide bonds. The Balaban J connectivity index is 0. The third-order valence-corrected chi connectivity index (χ3v) is 3.17. The zero-order valence-electron chi connectivity index (χ0n) is 12.2. The normalized spacial score (nSPS) is 11.1. The molecule has 0 rings (SSSR count). The quantitative estimate of drug-likeness (QED) is 0.433. The second-order valence-corrected chi connectivity index (χ2v) is 5.66. The van der Waals surface area contributed by atoms with Gasteiger partial charge in [0.25, 0.3) is 0 Å². The van der Waals surface area contributed by atoms with Gasteiger partial charge in [0.05, 0.1) is 26.6 Å². The predicted molar refractivity (Wildman–Crippen MR) is 79.8 cm³/mol. The molecule has 0 aromatic heterocycles. The van der Waals surface area contributed by atoms with Crippen molar-refractivity contribution in [1.82, 2.24) is 0 Å². The van der Waals surface area contributed by atoms with Gasteiger partial charge in [-0.2, -0.15) is 0 Å². The Morgan fingerprint density at radius 2 is 1.39 bits per heavy atom. The zero-order chi connectivity index (χ0) is 13.1. The molecule has 0 spiro atoms. The number of rotatable bonds is 11. The molecule has 0 saturated carbocycles. The van der Waals surface area contributed by atoms with Crippen LogP contribution in [-0.2, 0) is 4.79 Å². The molecule has 3 nitrogen and oxygen atoms in total. The first-order valence-electron chi connectivity index (χ1n) is 7.00. The minimum atomic E-state index is -0.949. The van der Waals surface area contributed by atoms with Crippen molar-refractivity contribution in [1.29, 1.82) is 0 Å². The number of quaternary nitrogens is 1. The van der Waals surface area contributed by atoms with Gasteiger partial charge in [0.1, 0.15) is 6.54 Å². The molecule has 18 heavy (non-hydrogen) atoms. The Hall–Kier alpha value is -0.0900.